The first-order valence-electron chi connectivity index (χ1n) is 7.06. The summed E-state index contributed by atoms with van der Waals surface area (Å²) in [6.07, 6.45) is 0. The van der Waals surface area contributed by atoms with Crippen molar-refractivity contribution in [1.29, 1.82) is 0 Å². The highest BCUT2D eigenvalue weighted by molar-refractivity contribution is 5.98. The molecule has 20 heavy (non-hydrogen) atoms. The van der Waals surface area contributed by atoms with Crippen LogP contribution >= 0.6 is 0 Å². The minimum Gasteiger partial charge on any atom is -0.489 e. The average Bonchev–Trinajstić information content (AvgIpc) is 2.37. The van der Waals surface area contributed by atoms with Crippen LogP contribution in [-0.2, 0) is 0 Å². The second-order valence-electron chi connectivity index (χ2n) is 6.29. The van der Waals surface area contributed by atoms with Gasteiger partial charge in [-0.1, -0.05) is 6.07 Å². The van der Waals surface area contributed by atoms with Crippen LogP contribution in [0.5, 0.6) is 5.75 Å². The van der Waals surface area contributed by atoms with Gasteiger partial charge in [-0.25, -0.2) is 4.79 Å². The summed E-state index contributed by atoms with van der Waals surface area (Å²) in [6, 6.07) is 5.86. The molecule has 0 aromatic heterocycles. The van der Waals surface area contributed by atoms with Gasteiger partial charge in [0.25, 0.3) is 0 Å². The summed E-state index contributed by atoms with van der Waals surface area (Å²) in [5.74, 6) is 0.877. The minimum absolute atomic E-state index is 0.0453. The number of anilines is 2. The summed E-state index contributed by atoms with van der Waals surface area (Å²) >= 11 is 0. The maximum atomic E-state index is 12.5. The summed E-state index contributed by atoms with van der Waals surface area (Å²) in [5, 5.41) is 3.03. The number of hydrogen-bond donors (Lipinski definition) is 1. The summed E-state index contributed by atoms with van der Waals surface area (Å²) in [4.78, 5) is 16.6. The number of ether oxygens (including phenoxy) is 1. The Morgan fingerprint density at radius 2 is 2.05 bits per heavy atom. The van der Waals surface area contributed by atoms with E-state index in [-0.39, 0.29) is 11.6 Å². The molecule has 2 heterocycles. The number of nitrogens with one attached hydrogen (secondary N) is 1. The molecular weight excluding hydrogens is 254 g/mol. The van der Waals surface area contributed by atoms with Crippen molar-refractivity contribution in [3.8, 4) is 5.75 Å². The van der Waals surface area contributed by atoms with Gasteiger partial charge in [-0.15, -0.1) is 0 Å². The van der Waals surface area contributed by atoms with Crippen molar-refractivity contribution in [1.82, 2.24) is 5.32 Å². The highest BCUT2D eigenvalue weighted by Crippen LogP contribution is 2.42. The third kappa shape index (κ3) is 2.28. The first-order valence-corrected chi connectivity index (χ1v) is 7.06. The molecular formula is C15H21N3O2. The number of urea groups is 1. The van der Waals surface area contributed by atoms with Crippen LogP contribution < -0.4 is 19.9 Å². The Hall–Kier alpha value is -1.91. The minimum atomic E-state index is -0.237. The van der Waals surface area contributed by atoms with Crippen molar-refractivity contribution in [3.63, 3.8) is 0 Å². The summed E-state index contributed by atoms with van der Waals surface area (Å²) in [5.41, 5.74) is 1.75. The van der Waals surface area contributed by atoms with Crippen LogP contribution in [-0.4, -0.2) is 37.8 Å². The molecule has 0 aliphatic carbocycles. The van der Waals surface area contributed by atoms with E-state index in [0.29, 0.717) is 13.2 Å². The van der Waals surface area contributed by atoms with Crippen molar-refractivity contribution in [2.24, 2.45) is 0 Å². The number of carbonyl (C=O) groups is 1. The number of benzene rings is 1. The smallest absolute Gasteiger partial charge is 0.322 e. The van der Waals surface area contributed by atoms with Gasteiger partial charge in [-0.2, -0.15) is 0 Å². The maximum absolute atomic E-state index is 12.5. The van der Waals surface area contributed by atoms with E-state index < -0.39 is 0 Å². The van der Waals surface area contributed by atoms with Crippen molar-refractivity contribution < 1.29 is 9.53 Å². The molecule has 1 aromatic carbocycles. The Morgan fingerprint density at radius 1 is 1.25 bits per heavy atom. The predicted molar refractivity (Wildman–Crippen MR) is 79.8 cm³/mol. The van der Waals surface area contributed by atoms with Gasteiger partial charge in [0.15, 0.2) is 0 Å². The summed E-state index contributed by atoms with van der Waals surface area (Å²) in [7, 11) is 0. The van der Waals surface area contributed by atoms with E-state index >= 15 is 0 Å². The zero-order valence-corrected chi connectivity index (χ0v) is 12.3. The molecule has 2 aliphatic heterocycles. The van der Waals surface area contributed by atoms with E-state index in [1.54, 1.807) is 0 Å². The Balaban J connectivity index is 1.94. The van der Waals surface area contributed by atoms with Gasteiger partial charge in [0.1, 0.15) is 18.0 Å². The van der Waals surface area contributed by atoms with Crippen LogP contribution in [0.2, 0.25) is 0 Å². The molecule has 5 nitrogen and oxygen atoms in total. The molecule has 0 radical (unpaired) electrons. The Kier molecular flexibility index (Phi) is 3.00. The number of para-hydroxylation sites is 1. The van der Waals surface area contributed by atoms with Gasteiger partial charge >= 0.3 is 6.03 Å². The fourth-order valence-electron chi connectivity index (χ4n) is 2.70. The molecule has 108 valence electrons. The predicted octanol–water partition coefficient (Wildman–Crippen LogP) is 2.21. The van der Waals surface area contributed by atoms with E-state index in [9.17, 15) is 4.79 Å². The van der Waals surface area contributed by atoms with Crippen LogP contribution in [0.4, 0.5) is 16.2 Å². The molecule has 0 saturated heterocycles. The standard InChI is InChI=1S/C15H21N3O2/c1-15(2,3)16-14(19)18-8-7-17-9-10-20-12-6-4-5-11(18)13(12)17/h4-6H,7-10H2,1-3H3,(H,16,19). The lowest BCUT2D eigenvalue weighted by Gasteiger charge is -2.41. The molecule has 0 fully saturated rings. The average molecular weight is 275 g/mol. The highest BCUT2D eigenvalue weighted by atomic mass is 16.5. The lowest BCUT2D eigenvalue weighted by molar-refractivity contribution is 0.237. The van der Waals surface area contributed by atoms with Gasteiger partial charge in [0, 0.05) is 18.6 Å². The van der Waals surface area contributed by atoms with Crippen LogP contribution in [0.1, 0.15) is 20.8 Å². The molecule has 1 N–H and O–H groups in total. The number of rotatable bonds is 0. The summed E-state index contributed by atoms with van der Waals surface area (Å²) in [6.45, 7) is 9.13. The first kappa shape index (κ1) is 13.1. The number of carbonyl (C=O) groups excluding carboxylic acids is 1. The van der Waals surface area contributed by atoms with Gasteiger partial charge in [-0.05, 0) is 32.9 Å². The molecule has 0 unspecified atom stereocenters. The lowest BCUT2D eigenvalue weighted by atomic mass is 10.1. The maximum Gasteiger partial charge on any atom is 0.322 e. The van der Waals surface area contributed by atoms with Gasteiger partial charge in [0.05, 0.1) is 12.2 Å². The molecule has 0 bridgehead atoms. The first-order chi connectivity index (χ1) is 9.46. The normalized spacial score (nSPS) is 17.4. The highest BCUT2D eigenvalue weighted by Gasteiger charge is 2.32. The Labute approximate surface area is 119 Å². The molecule has 2 aliphatic rings. The lowest BCUT2D eigenvalue weighted by Crippen LogP contribution is -2.53. The largest absolute Gasteiger partial charge is 0.489 e. The van der Waals surface area contributed by atoms with E-state index in [1.165, 1.54) is 0 Å². The van der Waals surface area contributed by atoms with Crippen molar-refractivity contribution >= 4 is 17.4 Å². The van der Waals surface area contributed by atoms with Crippen LogP contribution in [0.15, 0.2) is 18.2 Å². The molecule has 5 heteroatoms. The fraction of sp³-hybridized carbons (Fsp3) is 0.533. The zero-order chi connectivity index (χ0) is 14.3. The SMILES string of the molecule is CC(C)(C)NC(=O)N1CCN2CCOc3cccc1c32. The molecule has 0 spiro atoms. The number of amides is 2. The van der Waals surface area contributed by atoms with E-state index in [1.807, 2.05) is 43.9 Å². The topological polar surface area (TPSA) is 44.8 Å². The van der Waals surface area contributed by atoms with Crippen LogP contribution in [0.3, 0.4) is 0 Å². The molecule has 3 rings (SSSR count). The number of hydrogen-bond acceptors (Lipinski definition) is 3. The van der Waals surface area contributed by atoms with E-state index in [0.717, 1.165) is 30.2 Å². The summed E-state index contributed by atoms with van der Waals surface area (Å²) < 4.78 is 5.70. The molecule has 0 atom stereocenters. The quantitative estimate of drug-likeness (QED) is 0.789. The van der Waals surface area contributed by atoms with E-state index in [2.05, 4.69) is 10.2 Å². The van der Waals surface area contributed by atoms with Gasteiger partial charge < -0.3 is 15.0 Å². The van der Waals surface area contributed by atoms with Crippen LogP contribution in [0.25, 0.3) is 0 Å². The van der Waals surface area contributed by atoms with Crippen LogP contribution in [0, 0.1) is 0 Å². The third-order valence-corrected chi connectivity index (χ3v) is 3.52. The van der Waals surface area contributed by atoms with E-state index in [4.69, 9.17) is 4.74 Å². The molecule has 0 saturated carbocycles. The van der Waals surface area contributed by atoms with Crippen molar-refractivity contribution in [3.05, 3.63) is 18.2 Å². The Morgan fingerprint density at radius 3 is 2.80 bits per heavy atom. The van der Waals surface area contributed by atoms with Gasteiger partial charge in [0.2, 0.25) is 0 Å². The molecule has 1 aromatic rings. The second-order valence-corrected chi connectivity index (χ2v) is 6.29. The Bertz CT molecular complexity index is 536. The van der Waals surface area contributed by atoms with Gasteiger partial charge in [-0.3, -0.25) is 4.90 Å². The zero-order valence-electron chi connectivity index (χ0n) is 12.3. The van der Waals surface area contributed by atoms with Crippen molar-refractivity contribution in [2.45, 2.75) is 26.3 Å². The second kappa shape index (κ2) is 4.58. The number of nitrogens with zero attached hydrogens (tertiary/aromatic N) is 2. The monoisotopic (exact) mass is 275 g/mol. The fourth-order valence-corrected chi connectivity index (χ4v) is 2.70. The van der Waals surface area contributed by atoms with Crippen molar-refractivity contribution in [2.75, 3.05) is 36.0 Å². The third-order valence-electron chi connectivity index (χ3n) is 3.52. The molecule has 2 amide bonds.